The van der Waals surface area contributed by atoms with Gasteiger partial charge in [-0.2, -0.15) is 0 Å². The van der Waals surface area contributed by atoms with Gasteiger partial charge in [0.15, 0.2) is 0 Å². The molecule has 1 heterocycles. The predicted molar refractivity (Wildman–Crippen MR) is 49.9 cm³/mol. The van der Waals surface area contributed by atoms with Crippen molar-refractivity contribution in [3.05, 3.63) is 25.2 Å². The summed E-state index contributed by atoms with van der Waals surface area (Å²) in [6, 6.07) is 0. The van der Waals surface area contributed by atoms with E-state index in [1.165, 1.54) is 12.8 Å². The molecule has 0 atom stereocenters. The molecule has 1 aliphatic heterocycles. The second kappa shape index (κ2) is 8.55. The first kappa shape index (κ1) is 14.2. The molecule has 0 saturated carbocycles. The lowest BCUT2D eigenvalue weighted by atomic mass is 10.3. The smallest absolute Gasteiger partial charge is 0.282 e. The molecular formula is C9H17ClN2O3. The minimum atomic E-state index is -2.60. The highest BCUT2D eigenvalue weighted by atomic mass is 35.6. The van der Waals surface area contributed by atoms with E-state index in [1.807, 2.05) is 6.20 Å². The number of halogens is 1. The summed E-state index contributed by atoms with van der Waals surface area (Å²) in [5.74, 6) is 0. The molecule has 0 aromatic heterocycles. The average molecular weight is 237 g/mol. The van der Waals surface area contributed by atoms with E-state index in [4.69, 9.17) is 14.0 Å². The molecule has 5 nitrogen and oxygen atoms in total. The Morgan fingerprint density at radius 1 is 1.53 bits per heavy atom. The van der Waals surface area contributed by atoms with Crippen molar-refractivity contribution in [1.82, 2.24) is 9.80 Å². The highest BCUT2D eigenvalue weighted by molar-refractivity contribution is 4.94. The van der Waals surface area contributed by atoms with Crippen molar-refractivity contribution in [3.63, 3.8) is 0 Å². The second-order valence-corrected chi connectivity index (χ2v) is 3.41. The summed E-state index contributed by atoms with van der Waals surface area (Å²) in [5.41, 5.74) is 0. The van der Waals surface area contributed by atoms with Gasteiger partial charge in [-0.3, -0.25) is 0 Å². The molecule has 0 radical (unpaired) electrons. The number of unbranched alkanes of at least 4 members (excludes halogenated alkanes) is 1. The van der Waals surface area contributed by atoms with Crippen molar-refractivity contribution in [2.45, 2.75) is 19.8 Å². The average Bonchev–Trinajstić information content (AvgIpc) is 2.61. The molecule has 0 aromatic rings. The van der Waals surface area contributed by atoms with E-state index in [0.29, 0.717) is 0 Å². The lowest BCUT2D eigenvalue weighted by Crippen LogP contribution is -2.30. The Bertz CT molecular complexity index is 197. The zero-order valence-corrected chi connectivity index (χ0v) is 9.56. The van der Waals surface area contributed by atoms with Gasteiger partial charge in [0.25, 0.3) is 10.8 Å². The molecule has 0 saturated heterocycles. The van der Waals surface area contributed by atoms with Gasteiger partial charge in [-0.25, -0.2) is 0 Å². The molecule has 1 aliphatic rings. The van der Waals surface area contributed by atoms with Gasteiger partial charge in [0.1, 0.15) is 0 Å². The molecular weight excluding hydrogens is 220 g/mol. The van der Waals surface area contributed by atoms with Gasteiger partial charge in [0, 0.05) is 23.6 Å². The molecule has 15 heavy (non-hydrogen) atoms. The molecule has 0 bridgehead atoms. The van der Waals surface area contributed by atoms with Crippen LogP contribution in [-0.4, -0.2) is 27.7 Å². The van der Waals surface area contributed by atoms with Crippen LogP contribution in [0.5, 0.6) is 0 Å². The summed E-state index contributed by atoms with van der Waals surface area (Å²) in [7, 11) is -2.60. The minimum absolute atomic E-state index is 0.976. The van der Waals surface area contributed by atoms with E-state index in [-0.39, 0.29) is 0 Å². The van der Waals surface area contributed by atoms with Crippen molar-refractivity contribution in [2.24, 2.45) is 0 Å². The summed E-state index contributed by atoms with van der Waals surface area (Å²) >= 11 is 0. The summed E-state index contributed by atoms with van der Waals surface area (Å²) in [4.78, 5) is 4.38. The van der Waals surface area contributed by atoms with Crippen LogP contribution in [0.15, 0.2) is 25.2 Å². The van der Waals surface area contributed by atoms with Gasteiger partial charge in [-0.05, 0) is 12.6 Å². The van der Waals surface area contributed by atoms with Crippen LogP contribution in [0.3, 0.4) is 0 Å². The first-order chi connectivity index (χ1) is 7.10. The monoisotopic (exact) mass is 236 g/mol. The molecule has 88 valence electrons. The largest absolute Gasteiger partial charge is 0.358 e. The van der Waals surface area contributed by atoms with Crippen molar-refractivity contribution >= 4 is 0 Å². The highest BCUT2D eigenvalue weighted by Gasteiger charge is 2.07. The van der Waals surface area contributed by atoms with Gasteiger partial charge >= 0.3 is 0 Å². The third-order valence-electron chi connectivity index (χ3n) is 1.85. The number of rotatable bonds is 4. The molecule has 0 aliphatic carbocycles. The highest BCUT2D eigenvalue weighted by Crippen LogP contribution is 2.06. The lowest BCUT2D eigenvalue weighted by molar-refractivity contribution is -1.63. The SMILES string of the molecule is C=CN1C=CN(CCCC)C1.[O-][Cl+2]([O-])O. The van der Waals surface area contributed by atoms with E-state index < -0.39 is 10.8 Å². The molecule has 0 amide bonds. The van der Waals surface area contributed by atoms with Gasteiger partial charge in [-0.1, -0.05) is 19.9 Å². The fourth-order valence-electron chi connectivity index (χ4n) is 1.11. The zero-order valence-electron chi connectivity index (χ0n) is 8.80. The van der Waals surface area contributed by atoms with Crippen LogP contribution >= 0.6 is 0 Å². The van der Waals surface area contributed by atoms with Gasteiger partial charge in [-0.15, -0.1) is 0 Å². The molecule has 0 spiro atoms. The Morgan fingerprint density at radius 2 is 2.13 bits per heavy atom. The third kappa shape index (κ3) is 8.26. The molecule has 0 aromatic carbocycles. The van der Waals surface area contributed by atoms with Crippen LogP contribution in [0.4, 0.5) is 0 Å². The van der Waals surface area contributed by atoms with Crippen LogP contribution in [0, 0.1) is 10.8 Å². The second-order valence-electron chi connectivity index (χ2n) is 3.00. The Labute approximate surface area is 93.3 Å². The number of hydrogen-bond acceptors (Lipinski definition) is 5. The van der Waals surface area contributed by atoms with Gasteiger partial charge < -0.3 is 19.1 Å². The summed E-state index contributed by atoms with van der Waals surface area (Å²) in [5, 5.41) is 0. The van der Waals surface area contributed by atoms with Crippen LogP contribution < -0.4 is 9.32 Å². The minimum Gasteiger partial charge on any atom is -0.358 e. The first-order valence-corrected chi connectivity index (χ1v) is 5.60. The van der Waals surface area contributed by atoms with E-state index in [9.17, 15) is 0 Å². The maximum absolute atomic E-state index is 8.52. The normalized spacial score (nSPS) is 14.2. The van der Waals surface area contributed by atoms with E-state index in [1.54, 1.807) is 0 Å². The molecule has 1 N–H and O–H groups in total. The first-order valence-electron chi connectivity index (χ1n) is 4.65. The number of nitrogens with zero attached hydrogens (tertiary/aromatic N) is 2. The Balaban J connectivity index is 0.000000423. The maximum Gasteiger partial charge on any atom is 0.282 e. The molecule has 1 rings (SSSR count). The fraction of sp³-hybridized carbons (Fsp3) is 0.556. The van der Waals surface area contributed by atoms with Crippen molar-refractivity contribution < 1.29 is 24.8 Å². The topological polar surface area (TPSA) is 72.8 Å². The van der Waals surface area contributed by atoms with Crippen LogP contribution in [-0.2, 0) is 0 Å². The predicted octanol–water partition coefficient (Wildman–Crippen LogP) is -0.959. The summed E-state index contributed by atoms with van der Waals surface area (Å²) < 4.78 is 24.0. The Morgan fingerprint density at radius 3 is 2.53 bits per heavy atom. The van der Waals surface area contributed by atoms with Gasteiger partial charge in [0.2, 0.25) is 0 Å². The van der Waals surface area contributed by atoms with E-state index in [0.717, 1.165) is 13.2 Å². The summed E-state index contributed by atoms with van der Waals surface area (Å²) in [6.45, 7) is 8.06. The fourth-order valence-corrected chi connectivity index (χ4v) is 1.11. The van der Waals surface area contributed by atoms with E-state index >= 15 is 0 Å². The van der Waals surface area contributed by atoms with Crippen molar-refractivity contribution in [2.75, 3.05) is 13.2 Å². The maximum atomic E-state index is 8.52. The molecule has 0 fully saturated rings. The van der Waals surface area contributed by atoms with Gasteiger partial charge in [0.05, 0.1) is 6.67 Å². The number of hydrogen-bond donors (Lipinski definition) is 1. The Hall–Kier alpha value is -0.750. The van der Waals surface area contributed by atoms with Crippen LogP contribution in [0.25, 0.3) is 0 Å². The van der Waals surface area contributed by atoms with Crippen LogP contribution in [0.1, 0.15) is 19.8 Å². The lowest BCUT2D eigenvalue weighted by Gasteiger charge is -2.17. The van der Waals surface area contributed by atoms with E-state index in [2.05, 4.69) is 35.7 Å². The summed E-state index contributed by atoms with van der Waals surface area (Å²) in [6.07, 6.45) is 8.57. The van der Waals surface area contributed by atoms with Crippen LogP contribution in [0.2, 0.25) is 0 Å². The van der Waals surface area contributed by atoms with Crippen molar-refractivity contribution in [3.8, 4) is 0 Å². The zero-order chi connectivity index (χ0) is 11.7. The quantitative estimate of drug-likeness (QED) is 0.681. The Kier molecular flexibility index (Phi) is 8.12. The van der Waals surface area contributed by atoms with Crippen molar-refractivity contribution in [1.29, 1.82) is 0 Å². The molecule has 0 unspecified atom stereocenters. The molecule has 6 heteroatoms. The standard InChI is InChI=1S/C9H16N2.ClHO3/c1-3-5-6-11-8-7-10(4-2)9-11;2-1(3)4/h4,7-8H,2-3,5-6,9H2,1H3;2H. The third-order valence-corrected chi connectivity index (χ3v) is 1.85.